The number of aromatic hydroxyl groups is 1. The van der Waals surface area contributed by atoms with Crippen LogP contribution < -0.4 is 10.6 Å². The first kappa shape index (κ1) is 23.6. The molecule has 3 heterocycles. The summed E-state index contributed by atoms with van der Waals surface area (Å²) in [5.41, 5.74) is 0.463. The van der Waals surface area contributed by atoms with E-state index in [9.17, 15) is 19.5 Å². The number of hydrogen-bond acceptors (Lipinski definition) is 7. The van der Waals surface area contributed by atoms with Crippen LogP contribution in [0.1, 0.15) is 29.1 Å². The molecule has 1 aliphatic heterocycles. The maximum absolute atomic E-state index is 13.3. The number of carbonyl (C=O) groups excluding carboxylic acids is 3. The summed E-state index contributed by atoms with van der Waals surface area (Å²) in [6.07, 6.45) is 3.09. The second-order valence-corrected chi connectivity index (χ2v) is 9.45. The SMILES string of the molecule is CC1OCC(=O)C1(C)NC(=O)C(Cc1ccc(O)cc1)NC(=O)c1ccc(-c2cccnc2)s1. The van der Waals surface area contributed by atoms with Gasteiger partial charge in [0.2, 0.25) is 5.91 Å². The van der Waals surface area contributed by atoms with Crippen LogP contribution in [0.25, 0.3) is 10.4 Å². The highest BCUT2D eigenvalue weighted by molar-refractivity contribution is 7.17. The summed E-state index contributed by atoms with van der Waals surface area (Å²) < 4.78 is 5.41. The predicted molar refractivity (Wildman–Crippen MR) is 128 cm³/mol. The summed E-state index contributed by atoms with van der Waals surface area (Å²) in [6.45, 7) is 3.29. The Morgan fingerprint density at radius 3 is 2.65 bits per heavy atom. The molecular weight excluding hydrogens is 454 g/mol. The van der Waals surface area contributed by atoms with Gasteiger partial charge in [0.05, 0.1) is 11.0 Å². The second-order valence-electron chi connectivity index (χ2n) is 8.37. The first-order valence-corrected chi connectivity index (χ1v) is 11.6. The maximum Gasteiger partial charge on any atom is 0.262 e. The fourth-order valence-electron chi connectivity index (χ4n) is 3.69. The van der Waals surface area contributed by atoms with Crippen LogP contribution in [-0.2, 0) is 20.7 Å². The van der Waals surface area contributed by atoms with Gasteiger partial charge in [-0.1, -0.05) is 18.2 Å². The minimum Gasteiger partial charge on any atom is -0.508 e. The summed E-state index contributed by atoms with van der Waals surface area (Å²) >= 11 is 1.30. The fraction of sp³-hybridized carbons (Fsp3) is 0.280. The average molecular weight is 480 g/mol. The van der Waals surface area contributed by atoms with Gasteiger partial charge in [0.15, 0.2) is 5.78 Å². The van der Waals surface area contributed by atoms with E-state index in [1.54, 1.807) is 44.4 Å². The van der Waals surface area contributed by atoms with Crippen LogP contribution in [0.3, 0.4) is 0 Å². The molecule has 176 valence electrons. The van der Waals surface area contributed by atoms with E-state index in [4.69, 9.17) is 4.74 Å². The molecule has 0 aliphatic carbocycles. The highest BCUT2D eigenvalue weighted by Crippen LogP contribution is 2.28. The number of ketones is 1. The van der Waals surface area contributed by atoms with Crippen molar-refractivity contribution < 1.29 is 24.2 Å². The minimum atomic E-state index is -1.18. The van der Waals surface area contributed by atoms with Crippen molar-refractivity contribution in [1.82, 2.24) is 15.6 Å². The van der Waals surface area contributed by atoms with Crippen LogP contribution in [0.5, 0.6) is 5.75 Å². The van der Waals surface area contributed by atoms with E-state index in [1.165, 1.54) is 23.5 Å². The lowest BCUT2D eigenvalue weighted by molar-refractivity contribution is -0.130. The van der Waals surface area contributed by atoms with E-state index in [0.717, 1.165) is 16.0 Å². The smallest absolute Gasteiger partial charge is 0.262 e. The van der Waals surface area contributed by atoms with Gasteiger partial charge >= 0.3 is 0 Å². The van der Waals surface area contributed by atoms with Crippen LogP contribution in [0.15, 0.2) is 60.9 Å². The average Bonchev–Trinajstić information content (AvgIpc) is 3.42. The summed E-state index contributed by atoms with van der Waals surface area (Å²) in [4.78, 5) is 44.2. The molecular formula is C25H25N3O5S. The van der Waals surface area contributed by atoms with Gasteiger partial charge in [0.1, 0.15) is 23.9 Å². The molecule has 0 spiro atoms. The minimum absolute atomic E-state index is 0.0702. The van der Waals surface area contributed by atoms with E-state index in [2.05, 4.69) is 15.6 Å². The number of nitrogens with one attached hydrogen (secondary N) is 2. The number of ether oxygens (including phenoxy) is 1. The molecule has 0 radical (unpaired) electrons. The van der Waals surface area contributed by atoms with Crippen molar-refractivity contribution in [3.8, 4) is 16.2 Å². The molecule has 0 saturated carbocycles. The predicted octanol–water partition coefficient (Wildman–Crippen LogP) is 2.72. The Morgan fingerprint density at radius 1 is 1.24 bits per heavy atom. The number of rotatable bonds is 7. The maximum atomic E-state index is 13.3. The first-order chi connectivity index (χ1) is 16.3. The molecule has 1 aliphatic rings. The normalized spacial score (nSPS) is 20.6. The fourth-order valence-corrected chi connectivity index (χ4v) is 4.59. The van der Waals surface area contributed by atoms with Gasteiger partial charge in [0.25, 0.3) is 5.91 Å². The number of nitrogens with zero attached hydrogens (tertiary/aromatic N) is 1. The van der Waals surface area contributed by atoms with Crippen LogP contribution in [0.4, 0.5) is 0 Å². The van der Waals surface area contributed by atoms with Crippen LogP contribution >= 0.6 is 11.3 Å². The number of Topliss-reactive ketones (excluding diaryl/α,β-unsaturated/α-hetero) is 1. The number of amides is 2. The van der Waals surface area contributed by atoms with Crippen molar-refractivity contribution >= 4 is 28.9 Å². The number of phenolic OH excluding ortho intramolecular Hbond substituents is 1. The Morgan fingerprint density at radius 2 is 2.00 bits per heavy atom. The highest BCUT2D eigenvalue weighted by Gasteiger charge is 2.47. The number of benzene rings is 1. The zero-order valence-electron chi connectivity index (χ0n) is 18.8. The molecule has 1 aromatic carbocycles. The molecule has 3 N–H and O–H groups in total. The van der Waals surface area contributed by atoms with Gasteiger partial charge in [-0.2, -0.15) is 0 Å². The van der Waals surface area contributed by atoms with E-state index in [0.29, 0.717) is 4.88 Å². The largest absolute Gasteiger partial charge is 0.508 e. The molecule has 34 heavy (non-hydrogen) atoms. The molecule has 3 atom stereocenters. The number of pyridine rings is 1. The Bertz CT molecular complexity index is 1190. The van der Waals surface area contributed by atoms with Crippen LogP contribution in [-0.4, -0.2) is 52.0 Å². The zero-order valence-corrected chi connectivity index (χ0v) is 19.6. The number of phenols is 1. The molecule has 9 heteroatoms. The van der Waals surface area contributed by atoms with Gasteiger partial charge in [-0.3, -0.25) is 19.4 Å². The van der Waals surface area contributed by atoms with Crippen molar-refractivity contribution in [2.45, 2.75) is 38.0 Å². The van der Waals surface area contributed by atoms with Gasteiger partial charge in [-0.15, -0.1) is 11.3 Å². The van der Waals surface area contributed by atoms with Crippen molar-refractivity contribution in [3.63, 3.8) is 0 Å². The second kappa shape index (κ2) is 9.74. The lowest BCUT2D eigenvalue weighted by Gasteiger charge is -2.29. The third-order valence-electron chi connectivity index (χ3n) is 6.01. The Balaban J connectivity index is 1.54. The molecule has 3 unspecified atom stereocenters. The summed E-state index contributed by atoms with van der Waals surface area (Å²) in [6, 6.07) is 12.7. The lowest BCUT2D eigenvalue weighted by atomic mass is 9.92. The van der Waals surface area contributed by atoms with Crippen LogP contribution in [0.2, 0.25) is 0 Å². The Kier molecular flexibility index (Phi) is 6.76. The third kappa shape index (κ3) is 5.00. The van der Waals surface area contributed by atoms with E-state index < -0.39 is 29.5 Å². The van der Waals surface area contributed by atoms with E-state index in [1.807, 2.05) is 18.2 Å². The molecule has 1 saturated heterocycles. The molecule has 0 bridgehead atoms. The highest BCUT2D eigenvalue weighted by atomic mass is 32.1. The number of carbonyl (C=O) groups is 3. The number of hydrogen-bond donors (Lipinski definition) is 3. The summed E-state index contributed by atoms with van der Waals surface area (Å²) in [5, 5.41) is 15.2. The summed E-state index contributed by atoms with van der Waals surface area (Å²) in [7, 11) is 0. The standard InChI is InChI=1S/C25H25N3O5S/c1-15-25(2,22(30)14-33-15)28-23(31)19(12-16-5-7-18(29)8-6-16)27-24(32)21-10-9-20(34-21)17-4-3-11-26-13-17/h3-11,13,15,19,29H,12,14H2,1-2H3,(H,27,32)(H,28,31). The van der Waals surface area contributed by atoms with Crippen molar-refractivity contribution in [2.75, 3.05) is 6.61 Å². The molecule has 2 aromatic heterocycles. The van der Waals surface area contributed by atoms with Crippen molar-refractivity contribution in [3.05, 3.63) is 71.4 Å². The molecule has 4 rings (SSSR count). The van der Waals surface area contributed by atoms with E-state index in [-0.39, 0.29) is 24.6 Å². The van der Waals surface area contributed by atoms with Gasteiger partial charge in [-0.25, -0.2) is 0 Å². The van der Waals surface area contributed by atoms with Crippen molar-refractivity contribution in [2.24, 2.45) is 0 Å². The summed E-state index contributed by atoms with van der Waals surface area (Å²) in [5.74, 6) is -1.00. The van der Waals surface area contributed by atoms with Crippen LogP contribution in [0, 0.1) is 0 Å². The van der Waals surface area contributed by atoms with E-state index >= 15 is 0 Å². The topological polar surface area (TPSA) is 118 Å². The third-order valence-corrected chi connectivity index (χ3v) is 7.15. The molecule has 1 fully saturated rings. The first-order valence-electron chi connectivity index (χ1n) is 10.8. The molecule has 8 nitrogen and oxygen atoms in total. The Hall–Kier alpha value is -3.56. The van der Waals surface area contributed by atoms with Gasteiger partial charge in [0, 0.05) is 29.3 Å². The number of thiophene rings is 1. The monoisotopic (exact) mass is 479 g/mol. The molecule has 2 amide bonds. The molecule has 3 aromatic rings. The Labute approximate surface area is 201 Å². The number of aromatic nitrogens is 1. The van der Waals surface area contributed by atoms with Gasteiger partial charge in [-0.05, 0) is 49.7 Å². The quantitative estimate of drug-likeness (QED) is 0.480. The van der Waals surface area contributed by atoms with Gasteiger partial charge < -0.3 is 20.5 Å². The van der Waals surface area contributed by atoms with Crippen molar-refractivity contribution in [1.29, 1.82) is 0 Å². The zero-order chi connectivity index (χ0) is 24.3. The lowest BCUT2D eigenvalue weighted by Crippen LogP contribution is -2.60.